The summed E-state index contributed by atoms with van der Waals surface area (Å²) in [7, 11) is 2.04. The Kier molecular flexibility index (Phi) is 4.53. The van der Waals surface area contributed by atoms with Gasteiger partial charge in [-0.2, -0.15) is 0 Å². The third-order valence-corrected chi connectivity index (χ3v) is 4.28. The summed E-state index contributed by atoms with van der Waals surface area (Å²) >= 11 is 0. The number of nitrogens with zero attached hydrogens (tertiary/aromatic N) is 1. The minimum atomic E-state index is 0.591. The van der Waals surface area contributed by atoms with E-state index in [1.54, 1.807) is 0 Å². The lowest BCUT2D eigenvalue weighted by atomic mass is 10.1. The summed E-state index contributed by atoms with van der Waals surface area (Å²) in [6.07, 6.45) is 5.39. The van der Waals surface area contributed by atoms with Gasteiger partial charge in [0.15, 0.2) is 0 Å². The predicted octanol–water partition coefficient (Wildman–Crippen LogP) is 1.17. The molecule has 3 rings (SSSR count). The van der Waals surface area contributed by atoms with Crippen LogP contribution in [-0.4, -0.2) is 31.1 Å². The molecule has 5 nitrogen and oxygen atoms in total. The Morgan fingerprint density at radius 1 is 1.27 bits per heavy atom. The van der Waals surface area contributed by atoms with Gasteiger partial charge in [-0.25, -0.2) is 0 Å². The Labute approximate surface area is 132 Å². The van der Waals surface area contributed by atoms with Crippen LogP contribution in [0.5, 0.6) is 0 Å². The van der Waals surface area contributed by atoms with Gasteiger partial charge in [-0.1, -0.05) is 29.8 Å². The maximum atomic E-state index is 3.44. The van der Waals surface area contributed by atoms with Crippen LogP contribution in [0.25, 0.3) is 0 Å². The van der Waals surface area contributed by atoms with E-state index in [9.17, 15) is 0 Å². The van der Waals surface area contributed by atoms with Crippen LogP contribution in [0.2, 0.25) is 0 Å². The third-order valence-electron chi connectivity index (χ3n) is 4.28. The molecule has 0 aromatic heterocycles. The summed E-state index contributed by atoms with van der Waals surface area (Å²) in [6, 6.07) is 9.20. The molecule has 118 valence electrons. The molecule has 0 unspecified atom stereocenters. The van der Waals surface area contributed by atoms with Crippen molar-refractivity contribution in [3.8, 4) is 0 Å². The van der Waals surface area contributed by atoms with E-state index in [1.807, 2.05) is 13.2 Å². The molecular weight excluding hydrogens is 274 g/mol. The highest BCUT2D eigenvalue weighted by molar-refractivity contribution is 5.26. The van der Waals surface area contributed by atoms with Crippen LogP contribution in [0.3, 0.4) is 0 Å². The zero-order valence-corrected chi connectivity index (χ0v) is 13.3. The quantitative estimate of drug-likeness (QED) is 0.658. The minimum absolute atomic E-state index is 0.591. The molecule has 0 bridgehead atoms. The van der Waals surface area contributed by atoms with Crippen molar-refractivity contribution in [2.45, 2.75) is 25.9 Å². The molecule has 2 aliphatic rings. The Bertz CT molecular complexity index is 561. The van der Waals surface area contributed by atoms with E-state index in [0.717, 1.165) is 25.5 Å². The first kappa shape index (κ1) is 14.8. The monoisotopic (exact) mass is 299 g/mol. The fourth-order valence-electron chi connectivity index (χ4n) is 2.82. The highest BCUT2D eigenvalue weighted by atomic mass is 15.4. The maximum absolute atomic E-state index is 3.44. The van der Waals surface area contributed by atoms with Crippen LogP contribution >= 0.6 is 0 Å². The molecule has 2 aliphatic heterocycles. The lowest BCUT2D eigenvalue weighted by molar-refractivity contribution is 0.412. The molecule has 1 fully saturated rings. The van der Waals surface area contributed by atoms with Crippen LogP contribution in [0.15, 0.2) is 48.1 Å². The molecule has 0 radical (unpaired) electrons. The second-order valence-electron chi connectivity index (χ2n) is 5.96. The predicted molar refractivity (Wildman–Crippen MR) is 89.5 cm³/mol. The number of allylic oxidation sites excluding steroid dienone is 1. The SMILES string of the molecule is CN[C@@H]1CCN(C2=CNNC(NCc3ccc(C)cc3)=C2)C1. The Morgan fingerprint density at radius 3 is 2.82 bits per heavy atom. The van der Waals surface area contributed by atoms with Crippen LogP contribution in [-0.2, 0) is 6.54 Å². The van der Waals surface area contributed by atoms with Crippen molar-refractivity contribution in [3.63, 3.8) is 0 Å². The van der Waals surface area contributed by atoms with Crippen LogP contribution < -0.4 is 21.5 Å². The Morgan fingerprint density at radius 2 is 2.09 bits per heavy atom. The third kappa shape index (κ3) is 3.54. The van der Waals surface area contributed by atoms with Gasteiger partial charge in [0, 0.05) is 38.0 Å². The van der Waals surface area contributed by atoms with E-state index in [0.29, 0.717) is 6.04 Å². The number of hydrogen-bond acceptors (Lipinski definition) is 5. The average molecular weight is 299 g/mol. The van der Waals surface area contributed by atoms with Crippen molar-refractivity contribution in [2.75, 3.05) is 20.1 Å². The molecule has 1 aromatic carbocycles. The smallest absolute Gasteiger partial charge is 0.120 e. The normalized spacial score (nSPS) is 20.8. The number of aryl methyl sites for hydroxylation is 1. The van der Waals surface area contributed by atoms with Crippen molar-refractivity contribution < 1.29 is 0 Å². The zero-order valence-electron chi connectivity index (χ0n) is 13.3. The maximum Gasteiger partial charge on any atom is 0.120 e. The molecule has 0 aliphatic carbocycles. The molecular formula is C17H25N5. The van der Waals surface area contributed by atoms with Gasteiger partial charge in [-0.3, -0.25) is 5.43 Å². The van der Waals surface area contributed by atoms with Crippen LogP contribution in [0.4, 0.5) is 0 Å². The van der Waals surface area contributed by atoms with Crippen molar-refractivity contribution in [1.82, 2.24) is 26.4 Å². The first-order chi connectivity index (χ1) is 10.7. The molecule has 1 atom stereocenters. The van der Waals surface area contributed by atoms with Crippen molar-refractivity contribution >= 4 is 0 Å². The van der Waals surface area contributed by atoms with E-state index in [1.165, 1.54) is 23.2 Å². The standard InChI is InChI=1S/C17H25N5/c1-13-3-5-14(6-4-13)10-19-17-9-16(11-20-21-17)22-8-7-15(12-22)18-2/h3-6,9,11,15,18-21H,7-8,10,12H2,1-2H3/t15-/m1/s1. The van der Waals surface area contributed by atoms with Gasteiger partial charge < -0.3 is 21.0 Å². The molecule has 0 spiro atoms. The molecule has 5 heteroatoms. The van der Waals surface area contributed by atoms with Crippen LogP contribution in [0, 0.1) is 6.92 Å². The van der Waals surface area contributed by atoms with E-state index in [2.05, 4.69) is 63.7 Å². The molecule has 1 aromatic rings. The van der Waals surface area contributed by atoms with Gasteiger partial charge in [0.25, 0.3) is 0 Å². The second-order valence-corrected chi connectivity index (χ2v) is 5.96. The van der Waals surface area contributed by atoms with Crippen molar-refractivity contribution in [2.24, 2.45) is 0 Å². The highest BCUT2D eigenvalue weighted by Gasteiger charge is 2.22. The summed E-state index contributed by atoms with van der Waals surface area (Å²) in [5, 5.41) is 6.79. The summed E-state index contributed by atoms with van der Waals surface area (Å²) in [6.45, 7) is 5.08. The fraction of sp³-hybridized carbons (Fsp3) is 0.412. The average Bonchev–Trinajstić information content (AvgIpc) is 3.04. The number of nitrogens with one attached hydrogen (secondary N) is 4. The lowest BCUT2D eigenvalue weighted by Crippen LogP contribution is -2.39. The Hall–Kier alpha value is -2.14. The number of likely N-dealkylation sites (N-methyl/N-ethyl adjacent to an activating group) is 1. The largest absolute Gasteiger partial charge is 0.369 e. The summed E-state index contributed by atoms with van der Waals surface area (Å²) in [4.78, 5) is 2.41. The molecule has 2 heterocycles. The number of hydrazine groups is 1. The second kappa shape index (κ2) is 6.75. The van der Waals surface area contributed by atoms with E-state index in [-0.39, 0.29) is 0 Å². The molecule has 22 heavy (non-hydrogen) atoms. The van der Waals surface area contributed by atoms with E-state index >= 15 is 0 Å². The topological polar surface area (TPSA) is 51.4 Å². The van der Waals surface area contributed by atoms with Gasteiger partial charge in [-0.05, 0) is 26.0 Å². The number of hydrogen-bond donors (Lipinski definition) is 4. The molecule has 1 saturated heterocycles. The first-order valence-electron chi connectivity index (χ1n) is 7.89. The molecule has 0 saturated carbocycles. The van der Waals surface area contributed by atoms with Gasteiger partial charge in [0.1, 0.15) is 5.82 Å². The van der Waals surface area contributed by atoms with E-state index < -0.39 is 0 Å². The highest BCUT2D eigenvalue weighted by Crippen LogP contribution is 2.17. The fourth-order valence-corrected chi connectivity index (χ4v) is 2.82. The van der Waals surface area contributed by atoms with Crippen molar-refractivity contribution in [1.29, 1.82) is 0 Å². The van der Waals surface area contributed by atoms with Gasteiger partial charge >= 0.3 is 0 Å². The Balaban J connectivity index is 1.57. The molecule has 0 amide bonds. The van der Waals surface area contributed by atoms with Gasteiger partial charge in [0.05, 0.1) is 5.70 Å². The van der Waals surface area contributed by atoms with Crippen LogP contribution in [0.1, 0.15) is 17.5 Å². The van der Waals surface area contributed by atoms with E-state index in [4.69, 9.17) is 0 Å². The minimum Gasteiger partial charge on any atom is -0.369 e. The summed E-state index contributed by atoms with van der Waals surface area (Å²) in [5.74, 6) is 1.01. The van der Waals surface area contributed by atoms with Gasteiger partial charge in [-0.15, -0.1) is 0 Å². The van der Waals surface area contributed by atoms with Crippen molar-refractivity contribution in [3.05, 3.63) is 59.2 Å². The number of rotatable bonds is 5. The number of benzene rings is 1. The number of likely N-dealkylation sites (tertiary alicyclic amines) is 1. The molecule has 4 N–H and O–H groups in total. The first-order valence-corrected chi connectivity index (χ1v) is 7.89. The summed E-state index contributed by atoms with van der Waals surface area (Å²) in [5.41, 5.74) is 10.1. The zero-order chi connectivity index (χ0) is 15.4. The van der Waals surface area contributed by atoms with Gasteiger partial charge in [0.2, 0.25) is 0 Å². The summed E-state index contributed by atoms with van der Waals surface area (Å²) < 4.78 is 0. The lowest BCUT2D eigenvalue weighted by Gasteiger charge is -2.25.